The first kappa shape index (κ1) is 16.7. The number of aliphatic imine (C=N–C) groups is 2. The van der Waals surface area contributed by atoms with Gasteiger partial charge < -0.3 is 10.5 Å². The molecule has 0 bridgehead atoms. The van der Waals surface area contributed by atoms with Crippen LogP contribution in [-0.4, -0.2) is 29.7 Å². The highest BCUT2D eigenvalue weighted by atomic mass is 16.5. The lowest BCUT2D eigenvalue weighted by Crippen LogP contribution is -2.43. The van der Waals surface area contributed by atoms with E-state index in [1.807, 2.05) is 26.1 Å². The topological polar surface area (TPSA) is 72.9 Å². The van der Waals surface area contributed by atoms with E-state index in [0.717, 1.165) is 47.2 Å². The summed E-state index contributed by atoms with van der Waals surface area (Å²) in [5.41, 5.74) is 11.2. The van der Waals surface area contributed by atoms with Gasteiger partial charge in [-0.25, -0.2) is 4.99 Å². The molecule has 31 heavy (non-hydrogen) atoms. The fraction of sp³-hybridized carbons (Fsp3) is 0.423. The van der Waals surface area contributed by atoms with Crippen LogP contribution >= 0.6 is 0 Å². The largest absolute Gasteiger partial charge is 0.382 e. The van der Waals surface area contributed by atoms with Gasteiger partial charge in [-0.1, -0.05) is 18.1 Å². The number of rotatable bonds is 2. The van der Waals surface area contributed by atoms with Crippen LogP contribution in [0.3, 0.4) is 0 Å². The minimum atomic E-state index is -2.38. The molecule has 3 aliphatic rings. The molecular formula is C26H28N4O. The van der Waals surface area contributed by atoms with Gasteiger partial charge in [0.2, 0.25) is 0 Å². The van der Waals surface area contributed by atoms with Gasteiger partial charge in [-0.15, -0.1) is 5.92 Å². The molecule has 1 unspecified atom stereocenters. The lowest BCUT2D eigenvalue weighted by atomic mass is 9.65. The van der Waals surface area contributed by atoms with Crippen LogP contribution in [0.5, 0.6) is 0 Å². The Labute approximate surface area is 188 Å². The SMILES string of the molecule is [2H]C([2H])([2H])O[C@H]1CC[C@]2(CC1)Cc1ccc(-c3cncc(C#CC)c3)cc1C21N=C(C)C(N)=N1. The standard InChI is InChI=1S/C26H28N4O/c1-4-5-18-12-21(16-28-15-18)19-6-7-20-14-25(10-8-22(31-3)9-11-25)26(23(20)13-19)29-17(2)24(27)30-26/h6-7,12-13,15-16,22H,8-11,14H2,1-3H3,(H2,27,30)/t22-,25-,26?/i3D3. The molecule has 158 valence electrons. The van der Waals surface area contributed by atoms with Crippen molar-refractivity contribution in [3.05, 3.63) is 53.3 Å². The molecule has 1 aliphatic heterocycles. The van der Waals surface area contributed by atoms with Gasteiger partial charge in [0.05, 0.1) is 15.9 Å². The van der Waals surface area contributed by atoms with Gasteiger partial charge >= 0.3 is 0 Å². The molecule has 2 N–H and O–H groups in total. The first-order chi connectivity index (χ1) is 16.1. The molecule has 0 amide bonds. The zero-order valence-corrected chi connectivity index (χ0v) is 17.9. The van der Waals surface area contributed by atoms with Crippen molar-refractivity contribution in [1.82, 2.24) is 4.98 Å². The Morgan fingerprint density at radius 1 is 1.16 bits per heavy atom. The van der Waals surface area contributed by atoms with Crippen LogP contribution in [0, 0.1) is 17.3 Å². The summed E-state index contributed by atoms with van der Waals surface area (Å²) in [5, 5.41) is 0. The van der Waals surface area contributed by atoms with Crippen molar-refractivity contribution in [3.8, 4) is 23.0 Å². The molecule has 1 aromatic heterocycles. The molecule has 1 saturated carbocycles. The maximum Gasteiger partial charge on any atom is 0.184 e. The quantitative estimate of drug-likeness (QED) is 0.746. The average Bonchev–Trinajstić information content (AvgIpc) is 3.22. The highest BCUT2D eigenvalue weighted by Crippen LogP contribution is 2.62. The summed E-state index contributed by atoms with van der Waals surface area (Å²) in [4.78, 5) is 14.5. The van der Waals surface area contributed by atoms with E-state index in [-0.39, 0.29) is 11.5 Å². The lowest BCUT2D eigenvalue weighted by Gasteiger charge is -2.44. The van der Waals surface area contributed by atoms with Crippen molar-refractivity contribution in [2.75, 3.05) is 7.04 Å². The number of hydrogen-bond donors (Lipinski definition) is 1. The van der Waals surface area contributed by atoms with Gasteiger partial charge in [0, 0.05) is 41.5 Å². The number of benzene rings is 1. The van der Waals surface area contributed by atoms with Crippen molar-refractivity contribution < 1.29 is 8.85 Å². The summed E-state index contributed by atoms with van der Waals surface area (Å²) < 4.78 is 27.8. The number of ether oxygens (including phenoxy) is 1. The van der Waals surface area contributed by atoms with Gasteiger partial charge in [-0.3, -0.25) is 9.98 Å². The highest BCUT2D eigenvalue weighted by Gasteiger charge is 2.60. The molecule has 2 heterocycles. The molecule has 5 rings (SSSR count). The van der Waals surface area contributed by atoms with Crippen LogP contribution in [0.1, 0.15) is 60.3 Å². The van der Waals surface area contributed by atoms with Gasteiger partial charge in [0.25, 0.3) is 0 Å². The van der Waals surface area contributed by atoms with E-state index >= 15 is 0 Å². The van der Waals surface area contributed by atoms with E-state index in [1.165, 1.54) is 5.56 Å². The second kappa shape index (κ2) is 7.32. The molecule has 0 radical (unpaired) electrons. The van der Waals surface area contributed by atoms with E-state index in [2.05, 4.69) is 35.0 Å². The minimum absolute atomic E-state index is 0.251. The lowest BCUT2D eigenvalue weighted by molar-refractivity contribution is -0.000372. The molecule has 2 aliphatic carbocycles. The van der Waals surface area contributed by atoms with Crippen molar-refractivity contribution in [2.45, 2.75) is 57.7 Å². The van der Waals surface area contributed by atoms with Crippen LogP contribution < -0.4 is 5.73 Å². The predicted molar refractivity (Wildman–Crippen MR) is 124 cm³/mol. The number of amidine groups is 1. The summed E-state index contributed by atoms with van der Waals surface area (Å²) in [6, 6.07) is 8.50. The predicted octanol–water partition coefficient (Wildman–Crippen LogP) is 4.24. The van der Waals surface area contributed by atoms with E-state index in [0.29, 0.717) is 18.7 Å². The van der Waals surface area contributed by atoms with Crippen LogP contribution in [-0.2, 0) is 16.8 Å². The van der Waals surface area contributed by atoms with Gasteiger partial charge in [0.1, 0.15) is 5.84 Å². The molecule has 2 aromatic rings. The second-order valence-electron chi connectivity index (χ2n) is 8.85. The maximum absolute atomic E-state index is 7.47. The zero-order valence-electron chi connectivity index (χ0n) is 20.9. The van der Waals surface area contributed by atoms with Crippen LogP contribution in [0.25, 0.3) is 11.1 Å². The van der Waals surface area contributed by atoms with Crippen molar-refractivity contribution in [1.29, 1.82) is 0 Å². The van der Waals surface area contributed by atoms with Crippen molar-refractivity contribution in [3.63, 3.8) is 0 Å². The fourth-order valence-corrected chi connectivity index (χ4v) is 5.54. The Kier molecular flexibility index (Phi) is 3.94. The summed E-state index contributed by atoms with van der Waals surface area (Å²) in [5.74, 6) is 6.47. The number of aromatic nitrogens is 1. The first-order valence-electron chi connectivity index (χ1n) is 12.3. The molecule has 5 nitrogen and oxygen atoms in total. The smallest absolute Gasteiger partial charge is 0.184 e. The number of hydrogen-bond acceptors (Lipinski definition) is 5. The molecule has 5 heteroatoms. The summed E-state index contributed by atoms with van der Waals surface area (Å²) in [6.45, 7) is 3.72. The monoisotopic (exact) mass is 415 g/mol. The molecule has 1 aromatic carbocycles. The van der Waals surface area contributed by atoms with Gasteiger partial charge in [0.15, 0.2) is 5.66 Å². The number of nitrogens with two attached hydrogens (primary N) is 1. The average molecular weight is 416 g/mol. The van der Waals surface area contributed by atoms with Gasteiger partial charge in [-0.05, 0) is 69.2 Å². The third-order valence-electron chi connectivity index (χ3n) is 7.13. The zero-order chi connectivity index (χ0) is 24.1. The van der Waals surface area contributed by atoms with Crippen LogP contribution in [0.4, 0.5) is 0 Å². The molecule has 0 saturated heterocycles. The van der Waals surface area contributed by atoms with Crippen LogP contribution in [0.15, 0.2) is 46.6 Å². The Bertz CT molecular complexity index is 1240. The van der Waals surface area contributed by atoms with Crippen molar-refractivity contribution >= 4 is 11.5 Å². The maximum atomic E-state index is 7.47. The molecule has 1 atom stereocenters. The van der Waals surface area contributed by atoms with Crippen LogP contribution in [0.2, 0.25) is 0 Å². The Balaban J connectivity index is 1.55. The van der Waals surface area contributed by atoms with Gasteiger partial charge in [-0.2, -0.15) is 0 Å². The Hall–Kier alpha value is -2.97. The number of pyridine rings is 1. The van der Waals surface area contributed by atoms with E-state index in [9.17, 15) is 0 Å². The first-order valence-corrected chi connectivity index (χ1v) is 10.8. The molecular weight excluding hydrogens is 384 g/mol. The highest BCUT2D eigenvalue weighted by molar-refractivity contribution is 6.41. The summed E-state index contributed by atoms with van der Waals surface area (Å²) >= 11 is 0. The fourth-order valence-electron chi connectivity index (χ4n) is 5.54. The summed E-state index contributed by atoms with van der Waals surface area (Å²) in [6.07, 6.45) is 7.02. The molecule has 1 fully saturated rings. The third-order valence-corrected chi connectivity index (χ3v) is 7.13. The minimum Gasteiger partial charge on any atom is -0.382 e. The molecule has 2 spiro atoms. The van der Waals surface area contributed by atoms with E-state index < -0.39 is 12.7 Å². The van der Waals surface area contributed by atoms with E-state index in [4.69, 9.17) is 24.6 Å². The van der Waals surface area contributed by atoms with Crippen molar-refractivity contribution in [2.24, 2.45) is 21.1 Å². The summed E-state index contributed by atoms with van der Waals surface area (Å²) in [7, 11) is -2.38. The second-order valence-corrected chi connectivity index (χ2v) is 8.85. The Morgan fingerprint density at radius 2 is 2.00 bits per heavy atom. The normalized spacial score (nSPS) is 30.6. The van der Waals surface area contributed by atoms with E-state index in [1.54, 1.807) is 6.20 Å². The number of fused-ring (bicyclic) bond motifs is 3. The Morgan fingerprint density at radius 3 is 2.71 bits per heavy atom. The number of methoxy groups -OCH3 is 1. The third kappa shape index (κ3) is 3.01. The number of nitrogens with zero attached hydrogens (tertiary/aromatic N) is 3.